The summed E-state index contributed by atoms with van der Waals surface area (Å²) in [6, 6.07) is 0. The zero-order valence-corrected chi connectivity index (χ0v) is 9.79. The molecule has 0 bridgehead atoms. The Balaban J connectivity index is -0.000000107. The summed E-state index contributed by atoms with van der Waals surface area (Å²) in [5, 5.41) is 16.9. The van der Waals surface area contributed by atoms with Gasteiger partial charge in [-0.25, -0.2) is 0 Å². The molecule has 0 aromatic carbocycles. The standard InChI is InChI=1S/C3H6O2.C3H4O2.K/c2*1-2-3(4)5;/h2H2,1H3,(H,4,5);2H,1H2,(H,4,5);/q;;+1/p-1. The number of hydrogen-bond donors (Lipinski definition) is 1. The topological polar surface area (TPSA) is 77.4 Å². The average Bonchev–Trinajstić information content (AvgIpc) is 1.89. The Kier molecular flexibility index (Phi) is 20.5. The SMILES string of the molecule is C=CC(=O)[O-].CCC(=O)O.[K+]. The van der Waals surface area contributed by atoms with E-state index in [-0.39, 0.29) is 57.8 Å². The predicted molar refractivity (Wildman–Crippen MR) is 33.1 cm³/mol. The smallest absolute Gasteiger partial charge is 0.545 e. The van der Waals surface area contributed by atoms with Crippen molar-refractivity contribution in [3.63, 3.8) is 0 Å². The molecule has 4 nitrogen and oxygen atoms in total. The molecule has 0 saturated carbocycles. The number of aliphatic carboxylic acids is 2. The van der Waals surface area contributed by atoms with Crippen LogP contribution in [0.3, 0.4) is 0 Å². The molecule has 0 atom stereocenters. The van der Waals surface area contributed by atoms with E-state index >= 15 is 0 Å². The van der Waals surface area contributed by atoms with Gasteiger partial charge in [-0.1, -0.05) is 13.5 Å². The Morgan fingerprint density at radius 2 is 1.82 bits per heavy atom. The van der Waals surface area contributed by atoms with Gasteiger partial charge in [0.05, 0.1) is 5.97 Å². The van der Waals surface area contributed by atoms with E-state index in [0.29, 0.717) is 0 Å². The molecular formula is C6H9KO4. The van der Waals surface area contributed by atoms with Crippen molar-refractivity contribution in [1.29, 1.82) is 0 Å². The van der Waals surface area contributed by atoms with Crippen molar-refractivity contribution >= 4 is 11.9 Å². The van der Waals surface area contributed by atoms with Crippen molar-refractivity contribution in [3.05, 3.63) is 12.7 Å². The van der Waals surface area contributed by atoms with E-state index < -0.39 is 11.9 Å². The molecule has 5 heteroatoms. The molecule has 0 aliphatic heterocycles. The number of carboxylic acids is 2. The van der Waals surface area contributed by atoms with Crippen LogP contribution in [0.1, 0.15) is 13.3 Å². The van der Waals surface area contributed by atoms with Crippen molar-refractivity contribution in [2.24, 2.45) is 0 Å². The molecule has 1 N–H and O–H groups in total. The van der Waals surface area contributed by atoms with E-state index in [1.54, 1.807) is 6.92 Å². The number of carboxylic acid groups (broad SMARTS) is 2. The number of rotatable bonds is 2. The normalized spacial score (nSPS) is 6.27. The maximum absolute atomic E-state index is 9.37. The molecule has 0 aliphatic rings. The number of hydrogen-bond acceptors (Lipinski definition) is 3. The van der Waals surface area contributed by atoms with Gasteiger partial charge in [-0.3, -0.25) is 4.79 Å². The molecule has 0 fully saturated rings. The van der Waals surface area contributed by atoms with Crippen LogP contribution < -0.4 is 56.5 Å². The summed E-state index contributed by atoms with van der Waals surface area (Å²) >= 11 is 0. The molecule has 0 aromatic heterocycles. The summed E-state index contributed by atoms with van der Waals surface area (Å²) in [5.41, 5.74) is 0. The second-order valence-electron chi connectivity index (χ2n) is 1.27. The first-order valence-corrected chi connectivity index (χ1v) is 2.59. The van der Waals surface area contributed by atoms with E-state index in [1.165, 1.54) is 0 Å². The molecule has 0 heterocycles. The third-order valence-electron chi connectivity index (χ3n) is 0.469. The molecule has 0 saturated heterocycles. The van der Waals surface area contributed by atoms with Crippen LogP contribution in [0.5, 0.6) is 0 Å². The maximum atomic E-state index is 9.37. The molecule has 0 spiro atoms. The summed E-state index contributed by atoms with van der Waals surface area (Å²) in [6.07, 6.45) is 0.944. The van der Waals surface area contributed by atoms with Crippen LogP contribution in [0.4, 0.5) is 0 Å². The minimum atomic E-state index is -1.23. The molecule has 0 aromatic rings. The maximum Gasteiger partial charge on any atom is 1.00 e. The molecule has 0 rings (SSSR count). The van der Waals surface area contributed by atoms with Crippen molar-refractivity contribution < 1.29 is 71.2 Å². The minimum absolute atomic E-state index is 0. The summed E-state index contributed by atoms with van der Waals surface area (Å²) in [7, 11) is 0. The first-order valence-electron chi connectivity index (χ1n) is 2.59. The fourth-order valence-corrected chi connectivity index (χ4v) is 0. The second kappa shape index (κ2) is 12.9. The third-order valence-corrected chi connectivity index (χ3v) is 0.469. The minimum Gasteiger partial charge on any atom is -0.545 e. The summed E-state index contributed by atoms with van der Waals surface area (Å²) in [6.45, 7) is 4.50. The van der Waals surface area contributed by atoms with Gasteiger partial charge in [0, 0.05) is 6.42 Å². The van der Waals surface area contributed by atoms with Crippen LogP contribution in [0, 0.1) is 0 Å². The van der Waals surface area contributed by atoms with Gasteiger partial charge in [0.15, 0.2) is 0 Å². The van der Waals surface area contributed by atoms with Crippen molar-refractivity contribution in [1.82, 2.24) is 0 Å². The molecule has 58 valence electrons. The van der Waals surface area contributed by atoms with Gasteiger partial charge in [-0.05, 0) is 6.08 Å². The Morgan fingerprint density at radius 1 is 1.64 bits per heavy atom. The predicted octanol–water partition coefficient (Wildman–Crippen LogP) is -3.59. The van der Waals surface area contributed by atoms with Crippen LogP contribution in [0.2, 0.25) is 0 Å². The Bertz CT molecular complexity index is 133. The van der Waals surface area contributed by atoms with E-state index in [1.807, 2.05) is 0 Å². The Hall–Kier alpha value is 0.316. The fourth-order valence-electron chi connectivity index (χ4n) is 0. The first-order chi connectivity index (χ1) is 4.54. The summed E-state index contributed by atoms with van der Waals surface area (Å²) < 4.78 is 0. The Morgan fingerprint density at radius 3 is 1.82 bits per heavy atom. The van der Waals surface area contributed by atoms with Gasteiger partial charge in [-0.2, -0.15) is 0 Å². The first kappa shape index (κ1) is 17.4. The van der Waals surface area contributed by atoms with Gasteiger partial charge in [-0.15, -0.1) is 0 Å². The van der Waals surface area contributed by atoms with Crippen molar-refractivity contribution in [2.45, 2.75) is 13.3 Å². The molecule has 11 heavy (non-hydrogen) atoms. The summed E-state index contributed by atoms with van der Waals surface area (Å²) in [5.74, 6) is -1.98. The van der Waals surface area contributed by atoms with Gasteiger partial charge in [0.1, 0.15) is 0 Å². The third kappa shape index (κ3) is 38.3. The molecular weight excluding hydrogens is 175 g/mol. The van der Waals surface area contributed by atoms with Gasteiger partial charge in [0.2, 0.25) is 0 Å². The van der Waals surface area contributed by atoms with E-state index in [0.717, 1.165) is 6.08 Å². The number of carbonyl (C=O) groups excluding carboxylic acids is 1. The van der Waals surface area contributed by atoms with Crippen LogP contribution >= 0.6 is 0 Å². The quantitative estimate of drug-likeness (QED) is 0.355. The molecule has 0 radical (unpaired) electrons. The monoisotopic (exact) mass is 184 g/mol. The van der Waals surface area contributed by atoms with Gasteiger partial charge < -0.3 is 15.0 Å². The second-order valence-corrected chi connectivity index (χ2v) is 1.27. The van der Waals surface area contributed by atoms with Crippen LogP contribution in [-0.2, 0) is 9.59 Å². The fraction of sp³-hybridized carbons (Fsp3) is 0.333. The van der Waals surface area contributed by atoms with Crippen molar-refractivity contribution in [2.75, 3.05) is 0 Å². The summed E-state index contributed by atoms with van der Waals surface area (Å²) in [4.78, 5) is 18.5. The Labute approximate surface area is 108 Å². The van der Waals surface area contributed by atoms with Gasteiger partial charge >= 0.3 is 57.4 Å². The largest absolute Gasteiger partial charge is 1.00 e. The zero-order chi connectivity index (χ0) is 8.57. The van der Waals surface area contributed by atoms with Crippen LogP contribution in [-0.4, -0.2) is 17.0 Å². The zero-order valence-electron chi connectivity index (χ0n) is 6.66. The molecule has 0 amide bonds. The van der Waals surface area contributed by atoms with E-state index in [9.17, 15) is 4.79 Å². The molecule has 0 unspecified atom stereocenters. The average molecular weight is 184 g/mol. The van der Waals surface area contributed by atoms with E-state index in [2.05, 4.69) is 6.58 Å². The number of carbonyl (C=O) groups is 2. The van der Waals surface area contributed by atoms with Gasteiger partial charge in [0.25, 0.3) is 0 Å². The molecule has 0 aliphatic carbocycles. The van der Waals surface area contributed by atoms with Crippen LogP contribution in [0.25, 0.3) is 0 Å². The van der Waals surface area contributed by atoms with E-state index in [4.69, 9.17) is 15.0 Å². The van der Waals surface area contributed by atoms with Crippen molar-refractivity contribution in [3.8, 4) is 0 Å². The van der Waals surface area contributed by atoms with Crippen LogP contribution in [0.15, 0.2) is 12.7 Å².